The lowest BCUT2D eigenvalue weighted by Crippen LogP contribution is -2.29. The zero-order valence-electron chi connectivity index (χ0n) is 9.73. The lowest BCUT2D eigenvalue weighted by Gasteiger charge is -2.27. The molecule has 0 radical (unpaired) electrons. The first-order chi connectivity index (χ1) is 7.15. The molecule has 2 nitrogen and oxygen atoms in total. The van der Waals surface area contributed by atoms with Gasteiger partial charge in [-0.3, -0.25) is 0 Å². The van der Waals surface area contributed by atoms with Crippen molar-refractivity contribution in [1.29, 1.82) is 0 Å². The third kappa shape index (κ3) is 3.67. The summed E-state index contributed by atoms with van der Waals surface area (Å²) < 4.78 is 0. The molecular formula is C12H20N2S. The number of nitrogens with zero attached hydrogens (tertiary/aromatic N) is 1. The molecule has 15 heavy (non-hydrogen) atoms. The SMILES string of the molecule is CSCCC(C)N(C)c1cccc(N)c1. The maximum atomic E-state index is 5.77. The van der Waals surface area contributed by atoms with Crippen molar-refractivity contribution in [1.82, 2.24) is 0 Å². The molecule has 0 heterocycles. The van der Waals surface area contributed by atoms with E-state index in [1.165, 1.54) is 17.9 Å². The predicted octanol–water partition coefficient (Wildman–Crippen LogP) is 2.85. The molecule has 0 fully saturated rings. The van der Waals surface area contributed by atoms with E-state index in [0.29, 0.717) is 6.04 Å². The molecule has 0 spiro atoms. The number of benzene rings is 1. The van der Waals surface area contributed by atoms with Crippen LogP contribution in [-0.2, 0) is 0 Å². The summed E-state index contributed by atoms with van der Waals surface area (Å²) in [4.78, 5) is 2.28. The second kappa shape index (κ2) is 5.91. The van der Waals surface area contributed by atoms with Gasteiger partial charge in [0.05, 0.1) is 0 Å². The van der Waals surface area contributed by atoms with Crippen LogP contribution >= 0.6 is 11.8 Å². The summed E-state index contributed by atoms with van der Waals surface area (Å²) >= 11 is 1.89. The highest BCUT2D eigenvalue weighted by Gasteiger charge is 2.09. The van der Waals surface area contributed by atoms with Gasteiger partial charge in [0, 0.05) is 24.5 Å². The van der Waals surface area contributed by atoms with Gasteiger partial charge in [0.25, 0.3) is 0 Å². The molecule has 0 amide bonds. The molecule has 1 aromatic carbocycles. The molecule has 2 N–H and O–H groups in total. The molecule has 0 aliphatic carbocycles. The largest absolute Gasteiger partial charge is 0.399 e. The van der Waals surface area contributed by atoms with E-state index in [9.17, 15) is 0 Å². The van der Waals surface area contributed by atoms with E-state index in [-0.39, 0.29) is 0 Å². The average Bonchev–Trinajstić information content (AvgIpc) is 2.24. The molecule has 1 aromatic rings. The normalized spacial score (nSPS) is 12.5. The fraction of sp³-hybridized carbons (Fsp3) is 0.500. The standard InChI is InChI=1S/C12H20N2S/c1-10(7-8-15-3)14(2)12-6-4-5-11(13)9-12/h4-6,9-10H,7-8,13H2,1-3H3. The monoisotopic (exact) mass is 224 g/mol. The maximum absolute atomic E-state index is 5.77. The minimum atomic E-state index is 0.555. The number of hydrogen-bond donors (Lipinski definition) is 1. The Morgan fingerprint density at radius 2 is 2.20 bits per heavy atom. The average molecular weight is 224 g/mol. The van der Waals surface area contributed by atoms with Crippen molar-refractivity contribution in [3.05, 3.63) is 24.3 Å². The van der Waals surface area contributed by atoms with Crippen LogP contribution in [0.5, 0.6) is 0 Å². The molecule has 1 unspecified atom stereocenters. The molecule has 1 atom stereocenters. The highest BCUT2D eigenvalue weighted by molar-refractivity contribution is 7.98. The fourth-order valence-corrected chi connectivity index (χ4v) is 2.06. The number of nitrogens with two attached hydrogens (primary N) is 1. The number of nitrogen functional groups attached to an aromatic ring is 1. The summed E-state index contributed by atoms with van der Waals surface area (Å²) in [6.07, 6.45) is 3.35. The number of rotatable bonds is 5. The van der Waals surface area contributed by atoms with Crippen LogP contribution in [0.25, 0.3) is 0 Å². The molecule has 0 saturated heterocycles. The van der Waals surface area contributed by atoms with E-state index in [1.54, 1.807) is 0 Å². The van der Waals surface area contributed by atoms with Gasteiger partial charge in [-0.2, -0.15) is 11.8 Å². The Kier molecular flexibility index (Phi) is 4.82. The lowest BCUT2D eigenvalue weighted by atomic mass is 10.2. The Bertz CT molecular complexity index is 301. The van der Waals surface area contributed by atoms with E-state index in [4.69, 9.17) is 5.73 Å². The van der Waals surface area contributed by atoms with Crippen LogP contribution in [0.4, 0.5) is 11.4 Å². The minimum absolute atomic E-state index is 0.555. The minimum Gasteiger partial charge on any atom is -0.399 e. The van der Waals surface area contributed by atoms with Gasteiger partial charge in [0.15, 0.2) is 0 Å². The molecule has 84 valence electrons. The van der Waals surface area contributed by atoms with Gasteiger partial charge in [-0.25, -0.2) is 0 Å². The van der Waals surface area contributed by atoms with Crippen molar-refractivity contribution < 1.29 is 0 Å². The summed E-state index contributed by atoms with van der Waals surface area (Å²) in [5.41, 5.74) is 7.79. The van der Waals surface area contributed by atoms with Crippen LogP contribution < -0.4 is 10.6 Å². The van der Waals surface area contributed by atoms with Gasteiger partial charge in [-0.15, -0.1) is 0 Å². The molecule has 3 heteroatoms. The van der Waals surface area contributed by atoms with E-state index in [2.05, 4.69) is 31.2 Å². The van der Waals surface area contributed by atoms with Crippen LogP contribution in [0.2, 0.25) is 0 Å². The van der Waals surface area contributed by atoms with Gasteiger partial charge in [-0.05, 0) is 43.6 Å². The first kappa shape index (κ1) is 12.2. The third-order valence-corrected chi connectivity index (χ3v) is 3.32. The van der Waals surface area contributed by atoms with E-state index in [1.807, 2.05) is 30.0 Å². The molecular weight excluding hydrogens is 204 g/mol. The molecule has 0 bridgehead atoms. The van der Waals surface area contributed by atoms with E-state index >= 15 is 0 Å². The van der Waals surface area contributed by atoms with Gasteiger partial charge >= 0.3 is 0 Å². The van der Waals surface area contributed by atoms with Crippen LogP contribution in [0.3, 0.4) is 0 Å². The Balaban J connectivity index is 2.62. The van der Waals surface area contributed by atoms with Crippen molar-refractivity contribution in [2.75, 3.05) is 29.7 Å². The summed E-state index contributed by atoms with van der Waals surface area (Å²) in [7, 11) is 2.12. The number of hydrogen-bond acceptors (Lipinski definition) is 3. The second-order valence-electron chi connectivity index (χ2n) is 3.84. The first-order valence-corrected chi connectivity index (χ1v) is 6.62. The summed E-state index contributed by atoms with van der Waals surface area (Å²) in [6.45, 7) is 2.25. The fourth-order valence-electron chi connectivity index (χ4n) is 1.48. The van der Waals surface area contributed by atoms with Crippen molar-refractivity contribution in [3.63, 3.8) is 0 Å². The molecule has 0 saturated carbocycles. The molecule has 0 aromatic heterocycles. The summed E-state index contributed by atoms with van der Waals surface area (Å²) in [6, 6.07) is 8.60. The van der Waals surface area contributed by atoms with Crippen LogP contribution in [0.15, 0.2) is 24.3 Å². The Morgan fingerprint density at radius 1 is 1.47 bits per heavy atom. The van der Waals surface area contributed by atoms with Crippen molar-refractivity contribution in [2.45, 2.75) is 19.4 Å². The number of thioether (sulfide) groups is 1. The molecule has 1 rings (SSSR count). The third-order valence-electron chi connectivity index (χ3n) is 2.68. The predicted molar refractivity (Wildman–Crippen MR) is 71.7 cm³/mol. The molecule has 0 aliphatic rings. The van der Waals surface area contributed by atoms with E-state index < -0.39 is 0 Å². The highest BCUT2D eigenvalue weighted by atomic mass is 32.2. The maximum Gasteiger partial charge on any atom is 0.0386 e. The zero-order valence-corrected chi connectivity index (χ0v) is 10.6. The zero-order chi connectivity index (χ0) is 11.3. The smallest absolute Gasteiger partial charge is 0.0386 e. The summed E-state index contributed by atoms with van der Waals surface area (Å²) in [5, 5.41) is 0. The van der Waals surface area contributed by atoms with Crippen molar-refractivity contribution in [2.24, 2.45) is 0 Å². The van der Waals surface area contributed by atoms with Gasteiger partial charge in [0.1, 0.15) is 0 Å². The van der Waals surface area contributed by atoms with Crippen LogP contribution in [0.1, 0.15) is 13.3 Å². The lowest BCUT2D eigenvalue weighted by molar-refractivity contribution is 0.669. The van der Waals surface area contributed by atoms with Gasteiger partial charge < -0.3 is 10.6 Å². The Hall–Kier alpha value is -0.830. The first-order valence-electron chi connectivity index (χ1n) is 5.22. The summed E-state index contributed by atoms with van der Waals surface area (Å²) in [5.74, 6) is 1.20. The number of anilines is 2. The Labute approximate surface area is 96.8 Å². The van der Waals surface area contributed by atoms with E-state index in [0.717, 1.165) is 5.69 Å². The quantitative estimate of drug-likeness (QED) is 0.780. The van der Waals surface area contributed by atoms with Gasteiger partial charge in [-0.1, -0.05) is 6.07 Å². The Morgan fingerprint density at radius 3 is 2.80 bits per heavy atom. The topological polar surface area (TPSA) is 29.3 Å². The molecule has 0 aliphatic heterocycles. The van der Waals surface area contributed by atoms with Gasteiger partial charge in [0.2, 0.25) is 0 Å². The van der Waals surface area contributed by atoms with Crippen LogP contribution in [-0.4, -0.2) is 25.1 Å². The second-order valence-corrected chi connectivity index (χ2v) is 4.82. The van der Waals surface area contributed by atoms with Crippen molar-refractivity contribution in [3.8, 4) is 0 Å². The highest BCUT2D eigenvalue weighted by Crippen LogP contribution is 2.19. The van der Waals surface area contributed by atoms with Crippen molar-refractivity contribution >= 4 is 23.1 Å². The van der Waals surface area contributed by atoms with Crippen LogP contribution in [0, 0.1) is 0 Å².